The Bertz CT molecular complexity index is 479. The van der Waals surface area contributed by atoms with Gasteiger partial charge in [-0.15, -0.1) is 0 Å². The molecule has 0 amide bonds. The Kier molecular flexibility index (Phi) is 4.33. The van der Waals surface area contributed by atoms with Crippen molar-refractivity contribution in [3.05, 3.63) is 29.8 Å². The molecule has 0 saturated heterocycles. The van der Waals surface area contributed by atoms with E-state index in [1.54, 1.807) is 0 Å². The summed E-state index contributed by atoms with van der Waals surface area (Å²) in [7, 11) is 0. The summed E-state index contributed by atoms with van der Waals surface area (Å²) in [5.74, 6) is 0.823. The lowest BCUT2D eigenvalue weighted by atomic mass is 9.87. The Balaban J connectivity index is 2.02. The van der Waals surface area contributed by atoms with E-state index >= 15 is 0 Å². The first-order valence-corrected chi connectivity index (χ1v) is 7.07. The van der Waals surface area contributed by atoms with Gasteiger partial charge in [0, 0.05) is 0 Å². The van der Waals surface area contributed by atoms with Crippen LogP contribution in [0.2, 0.25) is 0 Å². The molecule has 0 spiro atoms. The summed E-state index contributed by atoms with van der Waals surface area (Å²) in [6, 6.07) is 7.35. The van der Waals surface area contributed by atoms with Crippen LogP contribution < -0.4 is 10.5 Å². The minimum absolute atomic E-state index is 0.252. The number of fused-ring (bicyclic) bond motifs is 1. The lowest BCUT2D eigenvalue weighted by molar-refractivity contribution is -0.156. The molecule has 0 saturated carbocycles. The van der Waals surface area contributed by atoms with Gasteiger partial charge in [-0.25, -0.2) is 0 Å². The smallest absolute Gasteiger partial charge is 0.323 e. The van der Waals surface area contributed by atoms with Crippen molar-refractivity contribution in [2.75, 3.05) is 6.61 Å². The van der Waals surface area contributed by atoms with Crippen LogP contribution in [0.5, 0.6) is 5.75 Å². The van der Waals surface area contributed by atoms with Crippen LogP contribution in [0.1, 0.15) is 45.1 Å². The molecule has 0 aromatic heterocycles. The van der Waals surface area contributed by atoms with Gasteiger partial charge in [-0.1, -0.05) is 18.2 Å². The molecule has 2 atom stereocenters. The van der Waals surface area contributed by atoms with Gasteiger partial charge in [-0.3, -0.25) is 4.79 Å². The first-order valence-electron chi connectivity index (χ1n) is 7.07. The maximum atomic E-state index is 12.0. The van der Waals surface area contributed by atoms with Gasteiger partial charge in [0.05, 0.1) is 6.61 Å². The number of benzene rings is 1. The zero-order valence-electron chi connectivity index (χ0n) is 12.4. The number of rotatable bonds is 3. The summed E-state index contributed by atoms with van der Waals surface area (Å²) in [5.41, 5.74) is 6.64. The fourth-order valence-electron chi connectivity index (χ4n) is 2.44. The van der Waals surface area contributed by atoms with Crippen LogP contribution in [-0.4, -0.2) is 24.2 Å². The van der Waals surface area contributed by atoms with Crippen molar-refractivity contribution in [1.29, 1.82) is 0 Å². The largest absolute Gasteiger partial charge is 0.493 e. The summed E-state index contributed by atoms with van der Waals surface area (Å²) in [4.78, 5) is 12.0. The molecule has 2 unspecified atom stereocenters. The van der Waals surface area contributed by atoms with Crippen molar-refractivity contribution in [3.8, 4) is 5.75 Å². The van der Waals surface area contributed by atoms with E-state index in [0.717, 1.165) is 17.7 Å². The van der Waals surface area contributed by atoms with Crippen molar-refractivity contribution < 1.29 is 14.3 Å². The van der Waals surface area contributed by atoms with Gasteiger partial charge in [0.1, 0.15) is 17.4 Å². The molecule has 110 valence electrons. The van der Waals surface area contributed by atoms with Crippen LogP contribution in [0.15, 0.2) is 24.3 Å². The number of carbonyl (C=O) groups is 1. The first-order chi connectivity index (χ1) is 9.37. The molecule has 0 radical (unpaired) electrons. The van der Waals surface area contributed by atoms with E-state index in [2.05, 4.69) is 0 Å². The van der Waals surface area contributed by atoms with Crippen molar-refractivity contribution in [2.24, 2.45) is 5.73 Å². The monoisotopic (exact) mass is 277 g/mol. The number of ether oxygens (including phenoxy) is 2. The third-order valence-corrected chi connectivity index (χ3v) is 3.33. The van der Waals surface area contributed by atoms with Gasteiger partial charge in [0.15, 0.2) is 0 Å². The molecule has 0 aliphatic carbocycles. The molecule has 1 aliphatic heterocycles. The Morgan fingerprint density at radius 3 is 2.85 bits per heavy atom. The predicted molar refractivity (Wildman–Crippen MR) is 77.7 cm³/mol. The summed E-state index contributed by atoms with van der Waals surface area (Å²) in [6.45, 7) is 6.22. The molecule has 4 nitrogen and oxygen atoms in total. The van der Waals surface area contributed by atoms with Crippen molar-refractivity contribution in [2.45, 2.75) is 51.2 Å². The highest BCUT2D eigenvalue weighted by Gasteiger charge is 2.28. The molecule has 0 fully saturated rings. The third kappa shape index (κ3) is 3.73. The summed E-state index contributed by atoms with van der Waals surface area (Å²) in [5, 5.41) is 0. The highest BCUT2D eigenvalue weighted by atomic mass is 16.6. The predicted octanol–water partition coefficient (Wildman–Crippen LogP) is 2.61. The lowest BCUT2D eigenvalue weighted by Gasteiger charge is -2.28. The molecule has 20 heavy (non-hydrogen) atoms. The summed E-state index contributed by atoms with van der Waals surface area (Å²) < 4.78 is 11.0. The van der Waals surface area contributed by atoms with Crippen LogP contribution in [0.3, 0.4) is 0 Å². The van der Waals surface area contributed by atoms with Crippen LogP contribution >= 0.6 is 0 Å². The molecule has 0 bridgehead atoms. The van der Waals surface area contributed by atoms with Crippen molar-refractivity contribution in [3.63, 3.8) is 0 Å². The van der Waals surface area contributed by atoms with E-state index in [4.69, 9.17) is 15.2 Å². The highest BCUT2D eigenvalue weighted by Crippen LogP contribution is 2.36. The Morgan fingerprint density at radius 1 is 1.45 bits per heavy atom. The number of carbonyl (C=O) groups excluding carboxylic acids is 1. The first kappa shape index (κ1) is 14.9. The van der Waals surface area contributed by atoms with Crippen molar-refractivity contribution in [1.82, 2.24) is 0 Å². The average molecular weight is 277 g/mol. The molecule has 4 heteroatoms. The Labute approximate surface area is 120 Å². The van der Waals surface area contributed by atoms with Gasteiger partial charge < -0.3 is 15.2 Å². The standard InChI is InChI=1S/C16H23NO3/c1-16(2,3)20-15(18)13(17)10-11-8-9-19-14-7-5-4-6-12(11)14/h4-7,11,13H,8-10,17H2,1-3H3. The molecular formula is C16H23NO3. The van der Waals surface area contributed by atoms with Crippen LogP contribution in [0.25, 0.3) is 0 Å². The van der Waals surface area contributed by atoms with Crippen molar-refractivity contribution >= 4 is 5.97 Å². The van der Waals surface area contributed by atoms with E-state index in [9.17, 15) is 4.79 Å². The molecule has 2 rings (SSSR count). The number of para-hydroxylation sites is 1. The topological polar surface area (TPSA) is 61.5 Å². The normalized spacial score (nSPS) is 19.7. The minimum Gasteiger partial charge on any atom is -0.493 e. The molecule has 1 aromatic carbocycles. The quantitative estimate of drug-likeness (QED) is 0.863. The number of nitrogens with two attached hydrogens (primary N) is 1. The van der Waals surface area contributed by atoms with Gasteiger partial charge in [0.2, 0.25) is 0 Å². The zero-order valence-corrected chi connectivity index (χ0v) is 12.4. The lowest BCUT2D eigenvalue weighted by Crippen LogP contribution is -2.38. The van der Waals surface area contributed by atoms with E-state index in [0.29, 0.717) is 13.0 Å². The number of hydrogen-bond acceptors (Lipinski definition) is 4. The van der Waals surface area contributed by atoms with Crippen LogP contribution in [-0.2, 0) is 9.53 Å². The van der Waals surface area contributed by atoms with Gasteiger partial charge in [-0.2, -0.15) is 0 Å². The second-order valence-corrected chi connectivity index (χ2v) is 6.25. The number of esters is 1. The van der Waals surface area contributed by atoms with E-state index in [-0.39, 0.29) is 11.9 Å². The van der Waals surface area contributed by atoms with Gasteiger partial charge >= 0.3 is 5.97 Å². The summed E-state index contributed by atoms with van der Waals surface area (Å²) in [6.07, 6.45) is 1.47. The Morgan fingerprint density at radius 2 is 2.15 bits per heavy atom. The van der Waals surface area contributed by atoms with E-state index in [1.807, 2.05) is 45.0 Å². The van der Waals surface area contributed by atoms with E-state index in [1.165, 1.54) is 0 Å². The maximum absolute atomic E-state index is 12.0. The zero-order chi connectivity index (χ0) is 14.8. The van der Waals surface area contributed by atoms with Gasteiger partial charge in [0.25, 0.3) is 0 Å². The molecule has 1 aliphatic rings. The maximum Gasteiger partial charge on any atom is 0.323 e. The molecular weight excluding hydrogens is 254 g/mol. The minimum atomic E-state index is -0.592. The molecule has 1 heterocycles. The van der Waals surface area contributed by atoms with Crippen LogP contribution in [0, 0.1) is 0 Å². The SMILES string of the molecule is CC(C)(C)OC(=O)C(N)CC1CCOc2ccccc21. The van der Waals surface area contributed by atoms with Gasteiger partial charge in [-0.05, 0) is 51.2 Å². The Hall–Kier alpha value is -1.55. The summed E-state index contributed by atoms with van der Waals surface area (Å²) >= 11 is 0. The fourth-order valence-corrected chi connectivity index (χ4v) is 2.44. The molecule has 1 aromatic rings. The third-order valence-electron chi connectivity index (χ3n) is 3.33. The fraction of sp³-hybridized carbons (Fsp3) is 0.562. The van der Waals surface area contributed by atoms with Crippen LogP contribution in [0.4, 0.5) is 0 Å². The second-order valence-electron chi connectivity index (χ2n) is 6.25. The molecule has 2 N–H and O–H groups in total. The number of hydrogen-bond donors (Lipinski definition) is 1. The highest BCUT2D eigenvalue weighted by molar-refractivity contribution is 5.76. The average Bonchev–Trinajstić information content (AvgIpc) is 2.37. The second kappa shape index (κ2) is 5.83. The van der Waals surface area contributed by atoms with E-state index < -0.39 is 11.6 Å².